The van der Waals surface area contributed by atoms with Crippen molar-refractivity contribution in [3.8, 4) is 5.75 Å². The number of benzene rings is 3. The van der Waals surface area contributed by atoms with Crippen molar-refractivity contribution in [2.24, 2.45) is 5.92 Å². The van der Waals surface area contributed by atoms with Gasteiger partial charge in [0.15, 0.2) is 0 Å². The van der Waals surface area contributed by atoms with Crippen molar-refractivity contribution in [1.29, 1.82) is 5.41 Å². The third kappa shape index (κ3) is 5.34. The lowest BCUT2D eigenvalue weighted by molar-refractivity contribution is -0.131. The van der Waals surface area contributed by atoms with Gasteiger partial charge in [0.1, 0.15) is 5.75 Å². The fourth-order valence-electron chi connectivity index (χ4n) is 4.40. The monoisotopic (exact) mass is 504 g/mol. The van der Waals surface area contributed by atoms with Gasteiger partial charge in [0, 0.05) is 11.8 Å². The largest absolute Gasteiger partial charge is 0.497 e. The number of anilines is 1. The number of aliphatic carboxylic acids is 1. The fraction of sp³-hybridized carbons (Fsp3) is 0.172. The Kier molecular flexibility index (Phi) is 7.55. The molecule has 0 bridgehead atoms. The molecule has 0 radical (unpaired) electrons. The highest BCUT2D eigenvalue weighted by molar-refractivity contribution is 6.33. The lowest BCUT2D eigenvalue weighted by atomic mass is 9.73. The van der Waals surface area contributed by atoms with E-state index < -0.39 is 11.9 Å². The van der Waals surface area contributed by atoms with Gasteiger partial charge in [-0.2, -0.15) is 4.39 Å². The summed E-state index contributed by atoms with van der Waals surface area (Å²) in [4.78, 5) is 10.9. The van der Waals surface area contributed by atoms with Crippen LogP contribution in [-0.2, 0) is 4.79 Å². The molecule has 3 aromatic rings. The van der Waals surface area contributed by atoms with E-state index in [4.69, 9.17) is 32.6 Å². The summed E-state index contributed by atoms with van der Waals surface area (Å²) in [5, 5.41) is 17.0. The van der Waals surface area contributed by atoms with Gasteiger partial charge in [0.05, 0.1) is 17.7 Å². The number of halogens is 2. The number of allylic oxidation sites excluding steroid dienone is 1. The number of methoxy groups -OCH3 is 1. The minimum atomic E-state index is -1.10. The van der Waals surface area contributed by atoms with Crippen molar-refractivity contribution in [2.45, 2.75) is 19.3 Å². The van der Waals surface area contributed by atoms with Crippen molar-refractivity contribution in [2.75, 3.05) is 12.8 Å². The minimum Gasteiger partial charge on any atom is -0.497 e. The number of carboxylic acids is 1. The minimum absolute atomic E-state index is 0.0276. The molecule has 0 atom stereocenters. The summed E-state index contributed by atoms with van der Waals surface area (Å²) in [7, 11) is 1.58. The summed E-state index contributed by atoms with van der Waals surface area (Å²) < 4.78 is 19.4. The molecule has 0 amide bonds. The summed E-state index contributed by atoms with van der Waals surface area (Å²) in [5.41, 5.74) is 11.2. The van der Waals surface area contributed by atoms with Crippen LogP contribution in [0.5, 0.6) is 5.75 Å². The summed E-state index contributed by atoms with van der Waals surface area (Å²) in [6.07, 6.45) is 5.68. The van der Waals surface area contributed by atoms with E-state index in [1.165, 1.54) is 6.08 Å². The number of rotatable bonds is 8. The average Bonchev–Trinajstić information content (AvgIpc) is 2.82. The maximum atomic E-state index is 14.0. The van der Waals surface area contributed by atoms with E-state index in [1.54, 1.807) is 25.3 Å². The molecular weight excluding hydrogens is 479 g/mol. The standard InChI is InChI=1S/C29H26ClFN2O3/c1-36-21-11-12-22(24(30)16-21)28(18-3-2-4-18)27(20-10-13-25(32)23(15-20)29(31)33)19-8-5-17(6-9-19)7-14-26(34)35/h5-16,18,33H,2-4,32H2,1H3,(H,34,35)/b14-7+,28-27+,33-29?. The average molecular weight is 505 g/mol. The number of hydrogen-bond donors (Lipinski definition) is 3. The molecule has 184 valence electrons. The number of carbonyl (C=O) groups is 1. The Morgan fingerprint density at radius 2 is 1.78 bits per heavy atom. The van der Waals surface area contributed by atoms with Crippen molar-refractivity contribution in [3.05, 3.63) is 99.6 Å². The van der Waals surface area contributed by atoms with E-state index in [1.807, 2.05) is 42.5 Å². The molecule has 0 heterocycles. The highest BCUT2D eigenvalue weighted by Gasteiger charge is 2.29. The van der Waals surface area contributed by atoms with Crippen molar-refractivity contribution in [1.82, 2.24) is 0 Å². The first kappa shape index (κ1) is 25.2. The van der Waals surface area contributed by atoms with Crippen LogP contribution >= 0.6 is 11.6 Å². The molecule has 0 saturated heterocycles. The van der Waals surface area contributed by atoms with Crippen molar-refractivity contribution >= 4 is 46.4 Å². The lowest BCUT2D eigenvalue weighted by Gasteiger charge is -2.32. The zero-order valence-corrected chi connectivity index (χ0v) is 20.5. The molecule has 0 aromatic heterocycles. The molecular formula is C29H26ClFN2O3. The van der Waals surface area contributed by atoms with Gasteiger partial charge < -0.3 is 15.6 Å². The Bertz CT molecular complexity index is 1380. The topological polar surface area (TPSA) is 96.4 Å². The smallest absolute Gasteiger partial charge is 0.328 e. The van der Waals surface area contributed by atoms with Gasteiger partial charge in [-0.05, 0) is 88.6 Å². The maximum absolute atomic E-state index is 14.0. The third-order valence-electron chi connectivity index (χ3n) is 6.45. The summed E-state index contributed by atoms with van der Waals surface area (Å²) in [5.74, 6) is -1.24. The molecule has 0 unspecified atom stereocenters. The second-order valence-corrected chi connectivity index (χ2v) is 9.08. The number of nitrogens with two attached hydrogens (primary N) is 1. The molecule has 4 N–H and O–H groups in total. The number of nitrogens with one attached hydrogen (secondary N) is 1. The first-order valence-electron chi connectivity index (χ1n) is 11.5. The molecule has 36 heavy (non-hydrogen) atoms. The van der Waals surface area contributed by atoms with Crippen molar-refractivity contribution < 1.29 is 19.0 Å². The second-order valence-electron chi connectivity index (χ2n) is 8.67. The molecule has 1 saturated carbocycles. The van der Waals surface area contributed by atoms with Crippen LogP contribution in [0.2, 0.25) is 5.02 Å². The molecule has 0 spiro atoms. The Morgan fingerprint density at radius 1 is 1.08 bits per heavy atom. The zero-order valence-electron chi connectivity index (χ0n) is 19.7. The van der Waals surface area contributed by atoms with Crippen LogP contribution in [0.1, 0.15) is 47.1 Å². The van der Waals surface area contributed by atoms with E-state index in [9.17, 15) is 9.18 Å². The first-order chi connectivity index (χ1) is 17.3. The van der Waals surface area contributed by atoms with Gasteiger partial charge >= 0.3 is 5.97 Å². The van der Waals surface area contributed by atoms with Crippen LogP contribution in [0.15, 0.2) is 66.7 Å². The summed E-state index contributed by atoms with van der Waals surface area (Å²) in [6, 6.07) is 18.1. The van der Waals surface area contributed by atoms with E-state index in [0.717, 1.165) is 53.2 Å². The second kappa shape index (κ2) is 10.8. The van der Waals surface area contributed by atoms with Crippen molar-refractivity contribution in [3.63, 3.8) is 0 Å². The Morgan fingerprint density at radius 3 is 2.33 bits per heavy atom. The SMILES string of the molecule is COc1ccc(/C(=C(\c2ccc(/C=C/C(=O)O)cc2)c2ccc(N)c(C(=N)F)c2)C2CCC2)c(Cl)c1. The highest BCUT2D eigenvalue weighted by Crippen LogP contribution is 2.47. The first-order valence-corrected chi connectivity index (χ1v) is 11.9. The Balaban J connectivity index is 1.99. The van der Waals surface area contributed by atoms with Crippen LogP contribution in [0.3, 0.4) is 0 Å². The van der Waals surface area contributed by atoms with E-state index in [-0.39, 0.29) is 17.2 Å². The van der Waals surface area contributed by atoms with Crippen LogP contribution in [-0.4, -0.2) is 24.2 Å². The Labute approximate surface area is 214 Å². The highest BCUT2D eigenvalue weighted by atomic mass is 35.5. The van der Waals surface area contributed by atoms with E-state index in [2.05, 4.69) is 0 Å². The van der Waals surface area contributed by atoms with Gasteiger partial charge in [-0.1, -0.05) is 48.4 Å². The normalized spacial score (nSPS) is 14.3. The van der Waals surface area contributed by atoms with Gasteiger partial charge in [-0.3, -0.25) is 5.41 Å². The van der Waals surface area contributed by atoms with Crippen LogP contribution in [0.4, 0.5) is 10.1 Å². The van der Waals surface area contributed by atoms with Gasteiger partial charge in [0.25, 0.3) is 0 Å². The van der Waals surface area contributed by atoms with E-state index >= 15 is 0 Å². The Hall–Kier alpha value is -3.90. The number of nitrogen functional groups attached to an aromatic ring is 1. The number of hydrogen-bond acceptors (Lipinski definition) is 4. The van der Waals surface area contributed by atoms with Crippen LogP contribution in [0, 0.1) is 11.3 Å². The predicted octanol–water partition coefficient (Wildman–Crippen LogP) is 7.08. The lowest BCUT2D eigenvalue weighted by Crippen LogP contribution is -2.15. The molecule has 1 aliphatic carbocycles. The number of carboxylic acid groups (broad SMARTS) is 1. The number of ether oxygens (including phenoxy) is 1. The molecule has 1 aliphatic rings. The van der Waals surface area contributed by atoms with Gasteiger partial charge in [-0.25, -0.2) is 4.79 Å². The van der Waals surface area contributed by atoms with E-state index in [0.29, 0.717) is 16.3 Å². The predicted molar refractivity (Wildman–Crippen MR) is 143 cm³/mol. The van der Waals surface area contributed by atoms with Gasteiger partial charge in [-0.15, -0.1) is 0 Å². The van der Waals surface area contributed by atoms with Crippen LogP contribution < -0.4 is 10.5 Å². The molecule has 1 fully saturated rings. The molecule has 5 nitrogen and oxygen atoms in total. The molecule has 4 rings (SSSR count). The third-order valence-corrected chi connectivity index (χ3v) is 6.76. The summed E-state index contributed by atoms with van der Waals surface area (Å²) in [6.45, 7) is 0. The zero-order chi connectivity index (χ0) is 25.8. The molecule has 3 aromatic carbocycles. The van der Waals surface area contributed by atoms with Gasteiger partial charge in [0.2, 0.25) is 5.97 Å². The van der Waals surface area contributed by atoms with Crippen LogP contribution in [0.25, 0.3) is 17.2 Å². The quantitative estimate of drug-likeness (QED) is 0.132. The fourth-order valence-corrected chi connectivity index (χ4v) is 4.68. The molecule has 0 aliphatic heterocycles. The molecule has 7 heteroatoms. The maximum Gasteiger partial charge on any atom is 0.328 e. The summed E-state index contributed by atoms with van der Waals surface area (Å²) >= 11 is 6.76.